The van der Waals surface area contributed by atoms with E-state index in [2.05, 4.69) is 34.7 Å². The van der Waals surface area contributed by atoms with Crippen molar-refractivity contribution in [1.29, 1.82) is 0 Å². The molecule has 0 spiro atoms. The Labute approximate surface area is 206 Å². The molecule has 178 valence electrons. The molecule has 1 aromatic heterocycles. The minimum atomic E-state index is -0.733. The summed E-state index contributed by atoms with van der Waals surface area (Å²) in [6, 6.07) is 13.7. The van der Waals surface area contributed by atoms with Crippen molar-refractivity contribution in [2.75, 3.05) is 33.3 Å². The molecular weight excluding hydrogens is 500 g/mol. The monoisotopic (exact) mass is 526 g/mol. The Morgan fingerprint density at radius 2 is 1.91 bits per heavy atom. The number of aliphatic hydroxyl groups is 1. The van der Waals surface area contributed by atoms with Crippen LogP contribution >= 0.6 is 15.9 Å². The van der Waals surface area contributed by atoms with E-state index in [1.165, 1.54) is 7.11 Å². The number of carbonyl (C=O) groups is 2. The number of amides is 1. The van der Waals surface area contributed by atoms with E-state index in [-0.39, 0.29) is 11.3 Å². The highest BCUT2D eigenvalue weighted by Crippen LogP contribution is 2.40. The summed E-state index contributed by atoms with van der Waals surface area (Å²) in [4.78, 5) is 30.6. The third kappa shape index (κ3) is 4.35. The van der Waals surface area contributed by atoms with Gasteiger partial charge in [0.05, 0.1) is 18.7 Å². The molecule has 2 heterocycles. The number of furan rings is 1. The van der Waals surface area contributed by atoms with E-state index < -0.39 is 23.5 Å². The van der Waals surface area contributed by atoms with E-state index in [1.54, 1.807) is 23.1 Å². The second-order valence-corrected chi connectivity index (χ2v) is 8.98. The molecule has 0 fully saturated rings. The van der Waals surface area contributed by atoms with Crippen molar-refractivity contribution < 1.29 is 23.8 Å². The van der Waals surface area contributed by atoms with E-state index in [9.17, 15) is 14.7 Å². The highest BCUT2D eigenvalue weighted by atomic mass is 79.9. The van der Waals surface area contributed by atoms with E-state index in [0.717, 1.165) is 23.1 Å². The first-order chi connectivity index (χ1) is 16.4. The average molecular weight is 527 g/mol. The van der Waals surface area contributed by atoms with Crippen molar-refractivity contribution in [2.24, 2.45) is 0 Å². The topological polar surface area (TPSA) is 83.2 Å². The van der Waals surface area contributed by atoms with Gasteiger partial charge in [0.15, 0.2) is 22.9 Å². The number of nitrogens with zero attached hydrogens (tertiary/aromatic N) is 2. The summed E-state index contributed by atoms with van der Waals surface area (Å²) in [7, 11) is 1.53. The number of benzene rings is 2. The summed E-state index contributed by atoms with van der Waals surface area (Å²) in [5.74, 6) is -1.09. The normalized spacial score (nSPS) is 16.2. The Morgan fingerprint density at radius 1 is 1.18 bits per heavy atom. The maximum Gasteiger partial charge on any atom is 0.290 e. The lowest BCUT2D eigenvalue weighted by atomic mass is 9.95. The molecule has 0 bridgehead atoms. The van der Waals surface area contributed by atoms with Crippen molar-refractivity contribution in [3.63, 3.8) is 0 Å². The van der Waals surface area contributed by atoms with Crippen LogP contribution in [-0.2, 0) is 4.79 Å². The van der Waals surface area contributed by atoms with E-state index in [0.29, 0.717) is 29.8 Å². The van der Waals surface area contributed by atoms with Gasteiger partial charge in [-0.25, -0.2) is 0 Å². The third-order valence-electron chi connectivity index (χ3n) is 6.22. The van der Waals surface area contributed by atoms with Crippen LogP contribution < -0.4 is 4.74 Å². The molecule has 2 aromatic carbocycles. The number of aliphatic hydroxyl groups excluding tert-OH is 1. The smallest absolute Gasteiger partial charge is 0.290 e. The van der Waals surface area contributed by atoms with Gasteiger partial charge >= 0.3 is 0 Å². The molecule has 1 aliphatic heterocycles. The van der Waals surface area contributed by atoms with Crippen LogP contribution in [0, 0.1) is 0 Å². The van der Waals surface area contributed by atoms with E-state index in [1.807, 2.05) is 30.3 Å². The molecule has 0 unspecified atom stereocenters. The number of methoxy groups -OCH3 is 1. The maximum atomic E-state index is 13.7. The molecule has 8 heteroatoms. The summed E-state index contributed by atoms with van der Waals surface area (Å²) in [5.41, 5.74) is 1.18. The van der Waals surface area contributed by atoms with Gasteiger partial charge in [0.25, 0.3) is 5.91 Å². The number of para-hydroxylation sites is 1. The number of hydrogen-bond acceptors (Lipinski definition) is 6. The molecule has 1 atom stereocenters. The van der Waals surface area contributed by atoms with Gasteiger partial charge in [0, 0.05) is 22.9 Å². The van der Waals surface area contributed by atoms with Gasteiger partial charge in [-0.1, -0.05) is 54.0 Å². The standard InChI is InChI=1S/C26H27BrN2O5/c1-4-28(5-2)12-13-29-22(16-8-6-10-18(27)14-16)21(24(31)26(29)32)23(30)20-15-17-9-7-11-19(33-3)25(17)34-20/h6-11,14-15,22,31H,4-5,12-13H2,1-3H3/t22-/m1/s1. The van der Waals surface area contributed by atoms with Gasteiger partial charge < -0.3 is 24.1 Å². The van der Waals surface area contributed by atoms with Crippen molar-refractivity contribution in [2.45, 2.75) is 19.9 Å². The van der Waals surface area contributed by atoms with Crippen LogP contribution in [-0.4, -0.2) is 59.9 Å². The predicted molar refractivity (Wildman–Crippen MR) is 133 cm³/mol. The summed E-state index contributed by atoms with van der Waals surface area (Å²) >= 11 is 3.48. The lowest BCUT2D eigenvalue weighted by molar-refractivity contribution is -0.129. The quantitative estimate of drug-likeness (QED) is 0.389. The summed E-state index contributed by atoms with van der Waals surface area (Å²) in [6.07, 6.45) is 0. The zero-order valence-corrected chi connectivity index (χ0v) is 21.0. The average Bonchev–Trinajstić information content (AvgIpc) is 3.39. The Hall–Kier alpha value is -3.10. The minimum Gasteiger partial charge on any atom is -0.503 e. The van der Waals surface area contributed by atoms with E-state index in [4.69, 9.17) is 9.15 Å². The molecule has 0 radical (unpaired) electrons. The van der Waals surface area contributed by atoms with Crippen LogP contribution in [0.3, 0.4) is 0 Å². The van der Waals surface area contributed by atoms with Gasteiger partial charge in [0.2, 0.25) is 5.78 Å². The molecule has 1 N–H and O–H groups in total. The van der Waals surface area contributed by atoms with Gasteiger partial charge in [0.1, 0.15) is 0 Å². The Morgan fingerprint density at radius 3 is 2.59 bits per heavy atom. The molecule has 34 heavy (non-hydrogen) atoms. The molecule has 7 nitrogen and oxygen atoms in total. The minimum absolute atomic E-state index is 0.0145. The highest BCUT2D eigenvalue weighted by molar-refractivity contribution is 9.10. The van der Waals surface area contributed by atoms with Crippen molar-refractivity contribution in [3.05, 3.63) is 75.7 Å². The summed E-state index contributed by atoms with van der Waals surface area (Å²) in [6.45, 7) is 6.79. The first kappa shape index (κ1) is 24.0. The van der Waals surface area contributed by atoms with Crippen LogP contribution in [0.25, 0.3) is 11.0 Å². The van der Waals surface area contributed by atoms with Crippen molar-refractivity contribution in [3.8, 4) is 5.75 Å². The molecule has 1 aliphatic rings. The zero-order chi connectivity index (χ0) is 24.4. The Kier molecular flexibility index (Phi) is 7.09. The number of likely N-dealkylation sites (N-methyl/N-ethyl adjacent to an activating group) is 1. The van der Waals surface area contributed by atoms with Crippen LogP contribution in [0.15, 0.2) is 68.8 Å². The lowest BCUT2D eigenvalue weighted by Gasteiger charge is -2.29. The van der Waals surface area contributed by atoms with Crippen LogP contribution in [0.4, 0.5) is 0 Å². The zero-order valence-electron chi connectivity index (χ0n) is 19.4. The number of halogens is 1. The van der Waals surface area contributed by atoms with E-state index >= 15 is 0 Å². The first-order valence-corrected chi connectivity index (χ1v) is 12.0. The molecule has 0 aliphatic carbocycles. The Bertz CT molecular complexity index is 1260. The molecule has 1 amide bonds. The van der Waals surface area contributed by atoms with Gasteiger partial charge in [-0.2, -0.15) is 0 Å². The number of carbonyl (C=O) groups excluding carboxylic acids is 2. The fraction of sp³-hybridized carbons (Fsp3) is 0.308. The van der Waals surface area contributed by atoms with Crippen molar-refractivity contribution >= 4 is 38.6 Å². The maximum absolute atomic E-state index is 13.7. The van der Waals surface area contributed by atoms with Crippen LogP contribution in [0.5, 0.6) is 5.75 Å². The number of ketones is 1. The Balaban J connectivity index is 1.77. The van der Waals surface area contributed by atoms with Crippen LogP contribution in [0.2, 0.25) is 0 Å². The summed E-state index contributed by atoms with van der Waals surface area (Å²) in [5, 5.41) is 11.6. The largest absolute Gasteiger partial charge is 0.503 e. The molecule has 0 saturated heterocycles. The predicted octanol–water partition coefficient (Wildman–Crippen LogP) is 5.12. The molecule has 3 aromatic rings. The number of fused-ring (bicyclic) bond motifs is 1. The molecule has 4 rings (SSSR count). The second kappa shape index (κ2) is 10.0. The SMILES string of the molecule is CCN(CC)CCN1C(=O)C(O)=C(C(=O)c2cc3cccc(OC)c3o2)[C@H]1c1cccc(Br)c1. The number of Topliss-reactive ketones (excluding diaryl/α,β-unsaturated/α-hetero) is 1. The van der Waals surface area contributed by atoms with Crippen molar-refractivity contribution in [1.82, 2.24) is 9.80 Å². The van der Waals surface area contributed by atoms with Gasteiger partial charge in [-0.05, 0) is 42.9 Å². The van der Waals surface area contributed by atoms with Gasteiger partial charge in [-0.3, -0.25) is 9.59 Å². The highest BCUT2D eigenvalue weighted by Gasteiger charge is 2.44. The number of ether oxygens (including phenoxy) is 1. The molecule has 0 saturated carbocycles. The fourth-order valence-corrected chi connectivity index (χ4v) is 4.79. The first-order valence-electron chi connectivity index (χ1n) is 11.2. The fourth-order valence-electron chi connectivity index (χ4n) is 4.37. The van der Waals surface area contributed by atoms with Gasteiger partial charge in [-0.15, -0.1) is 0 Å². The number of rotatable bonds is 9. The second-order valence-electron chi connectivity index (χ2n) is 8.06. The lowest BCUT2D eigenvalue weighted by Crippen LogP contribution is -2.38. The number of hydrogen-bond donors (Lipinski definition) is 1. The summed E-state index contributed by atoms with van der Waals surface area (Å²) < 4.78 is 12.0. The van der Waals surface area contributed by atoms with Crippen LogP contribution in [0.1, 0.15) is 36.0 Å². The third-order valence-corrected chi connectivity index (χ3v) is 6.71. The molecular formula is C26H27BrN2O5.